The summed E-state index contributed by atoms with van der Waals surface area (Å²) in [6.45, 7) is 4.87. The summed E-state index contributed by atoms with van der Waals surface area (Å²) in [5.41, 5.74) is 4.63. The topological polar surface area (TPSA) is 49.7 Å². The van der Waals surface area contributed by atoms with Crippen LogP contribution in [0.3, 0.4) is 0 Å². The minimum Gasteiger partial charge on any atom is -0.317 e. The first-order valence-corrected chi connectivity index (χ1v) is 11.9. The van der Waals surface area contributed by atoms with Gasteiger partial charge in [-0.05, 0) is 43.2 Å². The molecule has 27 heavy (non-hydrogen) atoms. The zero-order valence-electron chi connectivity index (χ0n) is 15.2. The number of hydrogen-bond acceptors (Lipinski definition) is 5. The minimum atomic E-state index is -2.96. The Morgan fingerprint density at radius 3 is 2.74 bits per heavy atom. The van der Waals surface area contributed by atoms with Crippen molar-refractivity contribution in [2.45, 2.75) is 31.7 Å². The minimum absolute atomic E-state index is 0.0188. The number of rotatable bonds is 3. The highest BCUT2D eigenvalue weighted by Gasteiger charge is 2.44. The molecular formula is C20H21ClN2O2S2. The molecule has 0 radical (unpaired) electrons. The zero-order chi connectivity index (χ0) is 19.2. The number of benzene rings is 2. The Hall–Kier alpha value is -1.50. The maximum Gasteiger partial charge on any atom is 0.164 e. The SMILES string of the molecule is Cc1ccc(C)c(CN(C2=N[C@H]3CS(=O)(=O)C[C@H]3S2)c2cccc(Cl)c2)c1. The summed E-state index contributed by atoms with van der Waals surface area (Å²) in [6, 6.07) is 14.0. The van der Waals surface area contributed by atoms with Gasteiger partial charge in [0.25, 0.3) is 0 Å². The molecule has 1 fully saturated rings. The van der Waals surface area contributed by atoms with Crippen molar-refractivity contribution >= 4 is 44.1 Å². The van der Waals surface area contributed by atoms with Crippen LogP contribution in [0.5, 0.6) is 0 Å². The lowest BCUT2D eigenvalue weighted by Crippen LogP contribution is -2.28. The first-order chi connectivity index (χ1) is 12.8. The van der Waals surface area contributed by atoms with E-state index in [0.717, 1.165) is 10.9 Å². The van der Waals surface area contributed by atoms with Gasteiger partial charge in [-0.2, -0.15) is 0 Å². The Morgan fingerprint density at radius 1 is 1.19 bits per heavy atom. The number of amidine groups is 1. The van der Waals surface area contributed by atoms with Crippen molar-refractivity contribution in [1.82, 2.24) is 0 Å². The van der Waals surface area contributed by atoms with E-state index in [2.05, 4.69) is 36.9 Å². The zero-order valence-corrected chi connectivity index (χ0v) is 17.6. The molecule has 0 saturated carbocycles. The van der Waals surface area contributed by atoms with Crippen LogP contribution in [0.2, 0.25) is 5.02 Å². The van der Waals surface area contributed by atoms with E-state index in [9.17, 15) is 8.42 Å². The first-order valence-electron chi connectivity index (χ1n) is 8.85. The molecule has 2 aromatic carbocycles. The van der Waals surface area contributed by atoms with Crippen molar-refractivity contribution in [3.8, 4) is 0 Å². The average molecular weight is 421 g/mol. The Balaban J connectivity index is 1.70. The molecule has 0 amide bonds. The van der Waals surface area contributed by atoms with Crippen LogP contribution in [0, 0.1) is 13.8 Å². The Kier molecular flexibility index (Phi) is 4.99. The third-order valence-electron chi connectivity index (χ3n) is 4.99. The smallest absolute Gasteiger partial charge is 0.164 e. The average Bonchev–Trinajstić information content (AvgIpc) is 3.09. The highest BCUT2D eigenvalue weighted by atomic mass is 35.5. The lowest BCUT2D eigenvalue weighted by molar-refractivity contribution is 0.601. The predicted octanol–water partition coefficient (Wildman–Crippen LogP) is 4.23. The molecule has 142 valence electrons. The summed E-state index contributed by atoms with van der Waals surface area (Å²) in [6.07, 6.45) is 0. The number of aryl methyl sites for hydroxylation is 2. The van der Waals surface area contributed by atoms with Gasteiger partial charge < -0.3 is 4.90 Å². The molecular weight excluding hydrogens is 400 g/mol. The third kappa shape index (κ3) is 4.03. The summed E-state index contributed by atoms with van der Waals surface area (Å²) in [7, 11) is -2.96. The highest BCUT2D eigenvalue weighted by molar-refractivity contribution is 8.15. The predicted molar refractivity (Wildman–Crippen MR) is 115 cm³/mol. The van der Waals surface area contributed by atoms with Crippen molar-refractivity contribution < 1.29 is 8.42 Å². The maximum atomic E-state index is 11.9. The first kappa shape index (κ1) is 18.8. The fourth-order valence-corrected chi connectivity index (χ4v) is 7.49. The van der Waals surface area contributed by atoms with Gasteiger partial charge in [-0.3, -0.25) is 4.99 Å². The monoisotopic (exact) mass is 420 g/mol. The van der Waals surface area contributed by atoms with Gasteiger partial charge in [-0.1, -0.05) is 53.2 Å². The molecule has 0 aliphatic carbocycles. The molecule has 0 spiro atoms. The molecule has 2 aliphatic heterocycles. The van der Waals surface area contributed by atoms with Gasteiger partial charge in [0.1, 0.15) is 0 Å². The van der Waals surface area contributed by atoms with Crippen LogP contribution in [-0.2, 0) is 16.4 Å². The molecule has 2 heterocycles. The largest absolute Gasteiger partial charge is 0.317 e. The van der Waals surface area contributed by atoms with Crippen LogP contribution < -0.4 is 4.90 Å². The third-order valence-corrected chi connectivity index (χ3v) is 8.47. The molecule has 0 bridgehead atoms. The van der Waals surface area contributed by atoms with Gasteiger partial charge in [-0.25, -0.2) is 8.42 Å². The number of nitrogens with zero attached hydrogens (tertiary/aromatic N) is 2. The van der Waals surface area contributed by atoms with Crippen LogP contribution >= 0.6 is 23.4 Å². The second-order valence-electron chi connectivity index (χ2n) is 7.21. The van der Waals surface area contributed by atoms with Gasteiger partial charge in [0.05, 0.1) is 24.1 Å². The maximum absolute atomic E-state index is 11.9. The standard InChI is InChI=1S/C20H21ClN2O2S2/c1-13-6-7-14(2)15(8-13)10-23(17-5-3-4-16(21)9-17)20-22-18-11-27(24,25)12-19(18)26-20/h3-9,18-19H,10-12H2,1-2H3/t18-,19+/m0/s1. The summed E-state index contributed by atoms with van der Waals surface area (Å²) in [5.74, 6) is 0.364. The molecule has 0 N–H and O–H groups in total. The fraction of sp³-hybridized carbons (Fsp3) is 0.350. The highest BCUT2D eigenvalue weighted by Crippen LogP contribution is 2.38. The molecule has 7 heteroatoms. The van der Waals surface area contributed by atoms with Crippen molar-refractivity contribution in [1.29, 1.82) is 0 Å². The lowest BCUT2D eigenvalue weighted by atomic mass is 10.1. The van der Waals surface area contributed by atoms with E-state index in [0.29, 0.717) is 11.6 Å². The van der Waals surface area contributed by atoms with Crippen LogP contribution in [-0.4, -0.2) is 36.4 Å². The van der Waals surface area contributed by atoms with Crippen molar-refractivity contribution in [2.24, 2.45) is 4.99 Å². The second-order valence-corrected chi connectivity index (χ2v) is 11.0. The molecule has 2 aromatic rings. The van der Waals surface area contributed by atoms with Crippen LogP contribution in [0.25, 0.3) is 0 Å². The molecule has 0 aromatic heterocycles. The molecule has 4 nitrogen and oxygen atoms in total. The van der Waals surface area contributed by atoms with Crippen molar-refractivity contribution in [3.05, 3.63) is 64.2 Å². The number of fused-ring (bicyclic) bond motifs is 1. The van der Waals surface area contributed by atoms with Gasteiger partial charge in [0.2, 0.25) is 0 Å². The Bertz CT molecular complexity index is 1020. The van der Waals surface area contributed by atoms with E-state index in [4.69, 9.17) is 16.6 Å². The van der Waals surface area contributed by atoms with Gasteiger partial charge in [-0.15, -0.1) is 0 Å². The quantitative estimate of drug-likeness (QED) is 0.745. The van der Waals surface area contributed by atoms with E-state index >= 15 is 0 Å². The number of thioether (sulfide) groups is 1. The van der Waals surface area contributed by atoms with E-state index in [-0.39, 0.29) is 22.8 Å². The van der Waals surface area contributed by atoms with E-state index in [1.54, 1.807) is 11.8 Å². The van der Waals surface area contributed by atoms with E-state index < -0.39 is 9.84 Å². The Morgan fingerprint density at radius 2 is 2.00 bits per heavy atom. The molecule has 2 atom stereocenters. The molecule has 4 rings (SSSR count). The van der Waals surface area contributed by atoms with E-state index in [1.165, 1.54) is 16.7 Å². The molecule has 0 unspecified atom stereocenters. The number of anilines is 1. The number of sulfone groups is 1. The van der Waals surface area contributed by atoms with Gasteiger partial charge >= 0.3 is 0 Å². The summed E-state index contributed by atoms with van der Waals surface area (Å²) >= 11 is 7.81. The lowest BCUT2D eigenvalue weighted by Gasteiger charge is -2.26. The number of aliphatic imine (C=N–C) groups is 1. The summed E-state index contributed by atoms with van der Waals surface area (Å²) < 4.78 is 23.8. The normalized spacial score (nSPS) is 23.1. The van der Waals surface area contributed by atoms with Crippen LogP contribution in [0.1, 0.15) is 16.7 Å². The van der Waals surface area contributed by atoms with Gasteiger partial charge in [0, 0.05) is 16.0 Å². The van der Waals surface area contributed by atoms with Crippen molar-refractivity contribution in [2.75, 3.05) is 16.4 Å². The number of halogens is 1. The molecule has 2 aliphatic rings. The van der Waals surface area contributed by atoms with Gasteiger partial charge in [0.15, 0.2) is 15.0 Å². The summed E-state index contributed by atoms with van der Waals surface area (Å²) in [4.78, 5) is 6.94. The summed E-state index contributed by atoms with van der Waals surface area (Å²) in [5, 5.41) is 1.57. The second kappa shape index (κ2) is 7.15. The van der Waals surface area contributed by atoms with Crippen LogP contribution in [0.15, 0.2) is 47.5 Å². The van der Waals surface area contributed by atoms with Crippen LogP contribution in [0.4, 0.5) is 5.69 Å². The van der Waals surface area contributed by atoms with E-state index in [1.807, 2.05) is 24.3 Å². The fourth-order valence-electron chi connectivity index (χ4n) is 3.53. The molecule has 1 saturated heterocycles. The number of hydrogen-bond donors (Lipinski definition) is 0. The Labute approximate surface area is 169 Å². The van der Waals surface area contributed by atoms with Crippen molar-refractivity contribution in [3.63, 3.8) is 0 Å².